The van der Waals surface area contributed by atoms with Gasteiger partial charge in [-0.1, -0.05) is 0 Å². The van der Waals surface area contributed by atoms with E-state index in [9.17, 15) is 13.2 Å². The van der Waals surface area contributed by atoms with Gasteiger partial charge in [0.15, 0.2) is 0 Å². The quantitative estimate of drug-likeness (QED) is 0.848. The van der Waals surface area contributed by atoms with Crippen molar-refractivity contribution < 1.29 is 13.2 Å². The molecule has 1 aliphatic rings. The monoisotopic (exact) mass is 299 g/mol. The third-order valence-electron chi connectivity index (χ3n) is 2.83. The van der Waals surface area contributed by atoms with Crippen LogP contribution in [0.1, 0.15) is 24.2 Å². The summed E-state index contributed by atoms with van der Waals surface area (Å²) in [6, 6.07) is 0.895. The first kappa shape index (κ1) is 14.7. The molecule has 1 aromatic rings. The lowest BCUT2D eigenvalue weighted by Crippen LogP contribution is -2.44. The van der Waals surface area contributed by atoms with E-state index in [1.165, 1.54) is 4.31 Å². The van der Waals surface area contributed by atoms with Crippen LogP contribution in [0.15, 0.2) is 6.07 Å². The number of anilines is 1. The van der Waals surface area contributed by atoms with Crippen molar-refractivity contribution in [3.63, 3.8) is 0 Å². The Kier molecular flexibility index (Phi) is 4.19. The summed E-state index contributed by atoms with van der Waals surface area (Å²) in [5, 5.41) is 2.33. The fourth-order valence-electron chi connectivity index (χ4n) is 2.02. The zero-order chi connectivity index (χ0) is 14.8. The molecule has 2 heterocycles. The normalized spacial score (nSPS) is 16.1. The van der Waals surface area contributed by atoms with Crippen molar-refractivity contribution in [3.8, 4) is 0 Å². The minimum absolute atomic E-state index is 0.0802. The maximum Gasteiger partial charge on any atom is 0.336 e. The van der Waals surface area contributed by atoms with Crippen LogP contribution in [0.2, 0.25) is 0 Å². The van der Waals surface area contributed by atoms with Crippen molar-refractivity contribution in [1.82, 2.24) is 19.0 Å². The van der Waals surface area contributed by atoms with E-state index in [4.69, 9.17) is 0 Å². The summed E-state index contributed by atoms with van der Waals surface area (Å²) in [6.45, 7) is 4.39. The fourth-order valence-corrected chi connectivity index (χ4v) is 3.17. The number of nitrogens with zero attached hydrogens (tertiary/aromatic N) is 3. The number of hydrogen-bond donors (Lipinski definition) is 2. The van der Waals surface area contributed by atoms with Gasteiger partial charge in [0.1, 0.15) is 0 Å². The van der Waals surface area contributed by atoms with Crippen LogP contribution in [0.25, 0.3) is 0 Å². The molecular formula is C11H17N5O3S. The molecule has 0 saturated carbocycles. The van der Waals surface area contributed by atoms with Crippen LogP contribution in [-0.4, -0.2) is 41.8 Å². The van der Waals surface area contributed by atoms with Crippen LogP contribution in [0.5, 0.6) is 0 Å². The van der Waals surface area contributed by atoms with E-state index >= 15 is 0 Å². The van der Waals surface area contributed by atoms with Crippen LogP contribution >= 0.6 is 0 Å². The minimum Gasteiger partial charge on any atom is -0.275 e. The smallest absolute Gasteiger partial charge is 0.275 e. The molecule has 0 unspecified atom stereocenters. The Balaban J connectivity index is 2.01. The molecule has 0 atom stereocenters. The SMILES string of the molecule is Cc1cc(C)nc(NC(=O)NS(=O)(=O)N2CCCC2)n1. The van der Waals surface area contributed by atoms with Gasteiger partial charge in [-0.3, -0.25) is 5.32 Å². The Labute approximate surface area is 117 Å². The third-order valence-corrected chi connectivity index (χ3v) is 4.32. The molecule has 1 aromatic heterocycles. The molecule has 2 rings (SSSR count). The van der Waals surface area contributed by atoms with Gasteiger partial charge in [-0.2, -0.15) is 12.7 Å². The standard InChI is InChI=1S/C11H17N5O3S/c1-8-7-9(2)13-10(12-8)14-11(17)15-20(18,19)16-5-3-4-6-16/h7H,3-6H2,1-2H3,(H2,12,13,14,15,17). The molecule has 0 aromatic carbocycles. The number of carbonyl (C=O) groups is 1. The molecule has 0 radical (unpaired) electrons. The molecule has 1 aliphatic heterocycles. The van der Waals surface area contributed by atoms with Crippen molar-refractivity contribution in [2.45, 2.75) is 26.7 Å². The van der Waals surface area contributed by atoms with Crippen molar-refractivity contribution in [1.29, 1.82) is 0 Å². The first-order valence-electron chi connectivity index (χ1n) is 6.28. The summed E-state index contributed by atoms with van der Waals surface area (Å²) < 4.78 is 27.0. The Morgan fingerprint density at radius 1 is 1.20 bits per heavy atom. The summed E-state index contributed by atoms with van der Waals surface area (Å²) in [4.78, 5) is 19.7. The molecule has 110 valence electrons. The Bertz CT molecular complexity index is 590. The molecular weight excluding hydrogens is 282 g/mol. The maximum atomic E-state index is 11.9. The van der Waals surface area contributed by atoms with E-state index in [2.05, 4.69) is 15.3 Å². The van der Waals surface area contributed by atoms with E-state index in [1.54, 1.807) is 19.9 Å². The largest absolute Gasteiger partial charge is 0.336 e. The average molecular weight is 299 g/mol. The molecule has 1 fully saturated rings. The summed E-state index contributed by atoms with van der Waals surface area (Å²) in [6.07, 6.45) is 1.62. The number of aryl methyl sites for hydroxylation is 2. The summed E-state index contributed by atoms with van der Waals surface area (Å²) in [7, 11) is -3.78. The van der Waals surface area contributed by atoms with Crippen LogP contribution in [-0.2, 0) is 10.2 Å². The predicted molar refractivity (Wildman–Crippen MR) is 73.4 cm³/mol. The fraction of sp³-hybridized carbons (Fsp3) is 0.545. The third kappa shape index (κ3) is 3.64. The van der Waals surface area contributed by atoms with Gasteiger partial charge in [0.25, 0.3) is 0 Å². The average Bonchev–Trinajstić information content (AvgIpc) is 2.79. The van der Waals surface area contributed by atoms with Crippen LogP contribution in [0.4, 0.5) is 10.7 Å². The van der Waals surface area contributed by atoms with Crippen LogP contribution in [0, 0.1) is 13.8 Å². The van der Waals surface area contributed by atoms with Gasteiger partial charge in [0.05, 0.1) is 0 Å². The molecule has 9 heteroatoms. The van der Waals surface area contributed by atoms with Gasteiger partial charge >= 0.3 is 16.2 Å². The number of amides is 2. The first-order valence-corrected chi connectivity index (χ1v) is 7.72. The topological polar surface area (TPSA) is 104 Å². The number of aromatic nitrogens is 2. The highest BCUT2D eigenvalue weighted by molar-refractivity contribution is 7.87. The second-order valence-electron chi connectivity index (χ2n) is 4.64. The number of nitrogens with one attached hydrogen (secondary N) is 2. The van der Waals surface area contributed by atoms with Gasteiger partial charge in [0.2, 0.25) is 5.95 Å². The van der Waals surface area contributed by atoms with Crippen molar-refractivity contribution in [2.24, 2.45) is 0 Å². The number of urea groups is 1. The summed E-state index contributed by atoms with van der Waals surface area (Å²) in [5.41, 5.74) is 1.38. The first-order chi connectivity index (χ1) is 9.37. The maximum absolute atomic E-state index is 11.9. The van der Waals surface area contributed by atoms with Crippen LogP contribution < -0.4 is 10.0 Å². The van der Waals surface area contributed by atoms with Crippen molar-refractivity contribution in [3.05, 3.63) is 17.5 Å². The second-order valence-corrected chi connectivity index (χ2v) is 6.31. The summed E-state index contributed by atoms with van der Waals surface area (Å²) in [5.74, 6) is 0.0802. The van der Waals surface area contributed by atoms with Crippen LogP contribution in [0.3, 0.4) is 0 Å². The Morgan fingerprint density at radius 2 is 1.75 bits per heavy atom. The van der Waals surface area contributed by atoms with E-state index in [0.717, 1.165) is 12.8 Å². The van der Waals surface area contributed by atoms with Gasteiger partial charge in [-0.25, -0.2) is 19.5 Å². The zero-order valence-corrected chi connectivity index (χ0v) is 12.2. The highest BCUT2D eigenvalue weighted by Crippen LogP contribution is 2.11. The van der Waals surface area contributed by atoms with Gasteiger partial charge in [-0.05, 0) is 32.8 Å². The lowest BCUT2D eigenvalue weighted by molar-refractivity contribution is 0.255. The second kappa shape index (κ2) is 5.71. The molecule has 2 N–H and O–H groups in total. The lowest BCUT2D eigenvalue weighted by Gasteiger charge is -2.15. The molecule has 8 nitrogen and oxygen atoms in total. The van der Waals surface area contributed by atoms with Crippen molar-refractivity contribution in [2.75, 3.05) is 18.4 Å². The van der Waals surface area contributed by atoms with E-state index in [1.807, 2.05) is 4.72 Å². The van der Waals surface area contributed by atoms with Gasteiger partial charge in [0, 0.05) is 24.5 Å². The highest BCUT2D eigenvalue weighted by Gasteiger charge is 2.27. The Morgan fingerprint density at radius 3 is 2.30 bits per heavy atom. The predicted octanol–water partition coefficient (Wildman–Crippen LogP) is 0.556. The molecule has 2 amide bonds. The number of carbonyl (C=O) groups excluding carboxylic acids is 1. The van der Waals surface area contributed by atoms with Crippen molar-refractivity contribution >= 4 is 22.2 Å². The van der Waals surface area contributed by atoms with E-state index < -0.39 is 16.2 Å². The lowest BCUT2D eigenvalue weighted by atomic mass is 10.4. The molecule has 0 spiro atoms. The highest BCUT2D eigenvalue weighted by atomic mass is 32.2. The Hall–Kier alpha value is -1.74. The molecule has 0 aliphatic carbocycles. The van der Waals surface area contributed by atoms with E-state index in [-0.39, 0.29) is 5.95 Å². The van der Waals surface area contributed by atoms with Gasteiger partial charge < -0.3 is 0 Å². The number of rotatable bonds is 3. The van der Waals surface area contributed by atoms with Gasteiger partial charge in [-0.15, -0.1) is 0 Å². The minimum atomic E-state index is -3.78. The number of hydrogen-bond acceptors (Lipinski definition) is 5. The summed E-state index contributed by atoms with van der Waals surface area (Å²) >= 11 is 0. The molecule has 0 bridgehead atoms. The molecule has 1 saturated heterocycles. The molecule has 20 heavy (non-hydrogen) atoms. The van der Waals surface area contributed by atoms with E-state index in [0.29, 0.717) is 24.5 Å². The zero-order valence-electron chi connectivity index (χ0n) is 11.4.